The monoisotopic (exact) mass is 413 g/mol. The SMILES string of the molecule is COc1ccc(Cl)cc1C(=O)N1CCC(S(=O)(=O)c2ccc(Cl)cc2)C1. The molecule has 1 aliphatic rings. The standard InChI is InChI=1S/C18H17Cl2NO4S/c1-25-17-7-4-13(20)10-16(17)18(22)21-9-8-15(11-21)26(23,24)14-5-2-12(19)3-6-14/h2-7,10,15H,8-9,11H2,1H3. The lowest BCUT2D eigenvalue weighted by atomic mass is 10.1. The highest BCUT2D eigenvalue weighted by atomic mass is 35.5. The van der Waals surface area contributed by atoms with Crippen LogP contribution >= 0.6 is 23.2 Å². The van der Waals surface area contributed by atoms with Gasteiger partial charge in [-0.1, -0.05) is 23.2 Å². The smallest absolute Gasteiger partial charge is 0.257 e. The molecule has 2 aromatic carbocycles. The molecular weight excluding hydrogens is 397 g/mol. The van der Waals surface area contributed by atoms with E-state index in [0.717, 1.165) is 0 Å². The number of carbonyl (C=O) groups excluding carboxylic acids is 1. The minimum Gasteiger partial charge on any atom is -0.496 e. The number of sulfone groups is 1. The number of rotatable bonds is 4. The van der Waals surface area contributed by atoms with Gasteiger partial charge < -0.3 is 9.64 Å². The van der Waals surface area contributed by atoms with Crippen LogP contribution < -0.4 is 4.74 Å². The highest BCUT2D eigenvalue weighted by molar-refractivity contribution is 7.92. The summed E-state index contributed by atoms with van der Waals surface area (Å²) in [5, 5.41) is 0.233. The number of ether oxygens (including phenoxy) is 1. The maximum absolute atomic E-state index is 12.8. The first-order valence-corrected chi connectivity index (χ1v) is 10.3. The molecule has 0 N–H and O–H groups in total. The molecule has 5 nitrogen and oxygen atoms in total. The summed E-state index contributed by atoms with van der Waals surface area (Å²) in [7, 11) is -2.07. The molecule has 0 bridgehead atoms. The normalized spacial score (nSPS) is 17.3. The molecule has 8 heteroatoms. The maximum Gasteiger partial charge on any atom is 0.257 e. The average Bonchev–Trinajstić information content (AvgIpc) is 3.12. The Balaban J connectivity index is 1.81. The van der Waals surface area contributed by atoms with Crippen LogP contribution in [0.25, 0.3) is 0 Å². The van der Waals surface area contributed by atoms with Gasteiger partial charge in [-0.2, -0.15) is 0 Å². The third-order valence-corrected chi connectivity index (χ3v) is 7.08. The highest BCUT2D eigenvalue weighted by Crippen LogP contribution is 2.29. The van der Waals surface area contributed by atoms with E-state index in [1.54, 1.807) is 24.3 Å². The lowest BCUT2D eigenvalue weighted by Gasteiger charge is -2.18. The van der Waals surface area contributed by atoms with Gasteiger partial charge in [-0.25, -0.2) is 8.42 Å². The van der Waals surface area contributed by atoms with Gasteiger partial charge in [0.25, 0.3) is 5.91 Å². The topological polar surface area (TPSA) is 63.7 Å². The van der Waals surface area contributed by atoms with Crippen molar-refractivity contribution in [2.45, 2.75) is 16.6 Å². The van der Waals surface area contributed by atoms with Crippen LogP contribution in [-0.4, -0.2) is 44.7 Å². The summed E-state index contributed by atoms with van der Waals surface area (Å²) in [6.07, 6.45) is 0.375. The summed E-state index contributed by atoms with van der Waals surface area (Å²) in [6, 6.07) is 10.9. The molecule has 1 amide bonds. The van der Waals surface area contributed by atoms with Gasteiger partial charge >= 0.3 is 0 Å². The van der Waals surface area contributed by atoms with Crippen LogP contribution in [0.15, 0.2) is 47.4 Å². The first-order valence-electron chi connectivity index (χ1n) is 7.95. The molecule has 138 valence electrons. The third kappa shape index (κ3) is 3.68. The molecule has 1 heterocycles. The van der Waals surface area contributed by atoms with E-state index in [0.29, 0.717) is 34.3 Å². The number of benzene rings is 2. The molecule has 0 saturated carbocycles. The number of amides is 1. The lowest BCUT2D eigenvalue weighted by Crippen LogP contribution is -2.32. The van der Waals surface area contributed by atoms with Crippen molar-refractivity contribution in [1.29, 1.82) is 0 Å². The van der Waals surface area contributed by atoms with E-state index < -0.39 is 15.1 Å². The molecule has 3 rings (SSSR count). The molecule has 26 heavy (non-hydrogen) atoms. The Morgan fingerprint density at radius 1 is 1.12 bits per heavy atom. The molecule has 1 atom stereocenters. The van der Waals surface area contributed by atoms with Crippen molar-refractivity contribution in [3.8, 4) is 5.75 Å². The van der Waals surface area contributed by atoms with Crippen LogP contribution in [-0.2, 0) is 9.84 Å². The molecule has 0 spiro atoms. The van der Waals surface area contributed by atoms with Crippen LogP contribution in [0, 0.1) is 0 Å². The predicted octanol–water partition coefficient (Wildman–Crippen LogP) is 3.69. The summed E-state index contributed by atoms with van der Waals surface area (Å²) in [6.45, 7) is 0.478. The molecule has 0 aliphatic carbocycles. The Hall–Kier alpha value is -1.76. The first kappa shape index (κ1) is 19.0. The van der Waals surface area contributed by atoms with Crippen molar-refractivity contribution in [3.63, 3.8) is 0 Å². The van der Waals surface area contributed by atoms with E-state index in [-0.39, 0.29) is 17.3 Å². The van der Waals surface area contributed by atoms with Crippen molar-refractivity contribution in [3.05, 3.63) is 58.1 Å². The van der Waals surface area contributed by atoms with Crippen molar-refractivity contribution < 1.29 is 17.9 Å². The van der Waals surface area contributed by atoms with Gasteiger partial charge in [-0.05, 0) is 48.9 Å². The van der Waals surface area contributed by atoms with Crippen LogP contribution in [0.2, 0.25) is 10.0 Å². The molecular formula is C18H17Cl2NO4S. The Morgan fingerprint density at radius 2 is 1.77 bits per heavy atom. The number of carbonyl (C=O) groups is 1. The highest BCUT2D eigenvalue weighted by Gasteiger charge is 2.37. The molecule has 2 aromatic rings. The van der Waals surface area contributed by atoms with Gasteiger partial charge in [0.15, 0.2) is 9.84 Å². The first-order chi connectivity index (χ1) is 12.3. The molecule has 1 unspecified atom stereocenters. The summed E-state index contributed by atoms with van der Waals surface area (Å²) < 4.78 is 30.8. The molecule has 0 radical (unpaired) electrons. The van der Waals surface area contributed by atoms with Crippen molar-refractivity contribution in [1.82, 2.24) is 4.90 Å². The van der Waals surface area contributed by atoms with Gasteiger partial charge in [0, 0.05) is 23.1 Å². The fourth-order valence-electron chi connectivity index (χ4n) is 3.00. The van der Waals surface area contributed by atoms with Gasteiger partial charge in [-0.3, -0.25) is 4.79 Å². The quantitative estimate of drug-likeness (QED) is 0.766. The zero-order valence-corrected chi connectivity index (χ0v) is 16.3. The van der Waals surface area contributed by atoms with Crippen LogP contribution in [0.5, 0.6) is 5.75 Å². The Bertz CT molecular complexity index is 929. The van der Waals surface area contributed by atoms with Gasteiger partial charge in [0.05, 0.1) is 22.8 Å². The van der Waals surface area contributed by atoms with E-state index in [1.165, 1.54) is 30.2 Å². The van der Waals surface area contributed by atoms with Crippen LogP contribution in [0.4, 0.5) is 0 Å². The minimum absolute atomic E-state index is 0.124. The number of hydrogen-bond acceptors (Lipinski definition) is 4. The van der Waals surface area contributed by atoms with E-state index >= 15 is 0 Å². The number of halogens is 2. The Labute approximate surface area is 162 Å². The number of nitrogens with zero attached hydrogens (tertiary/aromatic N) is 1. The second kappa shape index (κ2) is 7.47. The maximum atomic E-state index is 12.8. The van der Waals surface area contributed by atoms with E-state index in [2.05, 4.69) is 0 Å². The van der Waals surface area contributed by atoms with E-state index in [4.69, 9.17) is 27.9 Å². The van der Waals surface area contributed by atoms with Gasteiger partial charge in [-0.15, -0.1) is 0 Å². The van der Waals surface area contributed by atoms with E-state index in [9.17, 15) is 13.2 Å². The molecule has 1 fully saturated rings. The Kier molecular flexibility index (Phi) is 5.46. The fourth-order valence-corrected chi connectivity index (χ4v) is 4.99. The molecule has 1 aliphatic heterocycles. The van der Waals surface area contributed by atoms with Crippen molar-refractivity contribution in [2.75, 3.05) is 20.2 Å². The largest absolute Gasteiger partial charge is 0.496 e. The summed E-state index contributed by atoms with van der Waals surface area (Å²) in [5.74, 6) is 0.113. The minimum atomic E-state index is -3.54. The second-order valence-electron chi connectivity index (χ2n) is 6.01. The fraction of sp³-hybridized carbons (Fsp3) is 0.278. The number of likely N-dealkylation sites (tertiary alicyclic amines) is 1. The Morgan fingerprint density at radius 3 is 2.42 bits per heavy atom. The lowest BCUT2D eigenvalue weighted by molar-refractivity contribution is 0.0790. The van der Waals surface area contributed by atoms with Gasteiger partial charge in [0.1, 0.15) is 5.75 Å². The summed E-state index contributed by atoms with van der Waals surface area (Å²) in [5.41, 5.74) is 0.324. The number of methoxy groups -OCH3 is 1. The van der Waals surface area contributed by atoms with Crippen LogP contribution in [0.3, 0.4) is 0 Å². The van der Waals surface area contributed by atoms with E-state index in [1.807, 2.05) is 0 Å². The van der Waals surface area contributed by atoms with Gasteiger partial charge in [0.2, 0.25) is 0 Å². The zero-order chi connectivity index (χ0) is 18.9. The second-order valence-corrected chi connectivity index (χ2v) is 9.11. The summed E-state index contributed by atoms with van der Waals surface area (Å²) in [4.78, 5) is 14.5. The number of hydrogen-bond donors (Lipinski definition) is 0. The third-order valence-electron chi connectivity index (χ3n) is 4.41. The van der Waals surface area contributed by atoms with Crippen LogP contribution in [0.1, 0.15) is 16.8 Å². The zero-order valence-electron chi connectivity index (χ0n) is 14.0. The summed E-state index contributed by atoms with van der Waals surface area (Å²) >= 11 is 11.8. The predicted molar refractivity (Wildman–Crippen MR) is 101 cm³/mol. The molecule has 1 saturated heterocycles. The van der Waals surface area contributed by atoms with Crippen molar-refractivity contribution >= 4 is 38.9 Å². The average molecular weight is 414 g/mol. The molecule has 0 aromatic heterocycles. The van der Waals surface area contributed by atoms with Crippen molar-refractivity contribution in [2.24, 2.45) is 0 Å².